The van der Waals surface area contributed by atoms with Crippen molar-refractivity contribution in [2.75, 3.05) is 23.9 Å². The number of imide groups is 2. The molecule has 0 saturated carbocycles. The van der Waals surface area contributed by atoms with Crippen molar-refractivity contribution >= 4 is 68.7 Å². The lowest BCUT2D eigenvalue weighted by molar-refractivity contribution is -0.122. The number of anilines is 2. The first-order chi connectivity index (χ1) is 18.2. The summed E-state index contributed by atoms with van der Waals surface area (Å²) in [6.45, 7) is -0.375. The molecule has 3 aromatic carbocycles. The lowest BCUT2D eigenvalue weighted by Crippen LogP contribution is -2.54. The van der Waals surface area contributed by atoms with Crippen LogP contribution in [0, 0.1) is 5.82 Å². The first kappa shape index (κ1) is 26.8. The van der Waals surface area contributed by atoms with Gasteiger partial charge in [0.15, 0.2) is 18.1 Å². The number of hydrogen-bond donors (Lipinski definition) is 2. The number of benzene rings is 3. The summed E-state index contributed by atoms with van der Waals surface area (Å²) in [4.78, 5) is 51.1. The summed E-state index contributed by atoms with van der Waals surface area (Å²) in [6, 6.07) is 13.3. The molecular weight excluding hydrogens is 585 g/mol. The second-order valence-corrected chi connectivity index (χ2v) is 9.09. The maximum atomic E-state index is 13.1. The SMILES string of the molecule is COc1cc(/C=C2\C(=O)NC(=O)N(c3ccc(Cl)cc3)C2=O)c(Br)cc1OCC(=O)Nc1ccc(F)cc1. The highest BCUT2D eigenvalue weighted by Gasteiger charge is 2.37. The number of ether oxygens (including phenoxy) is 2. The van der Waals surface area contributed by atoms with Gasteiger partial charge in [0.1, 0.15) is 11.4 Å². The molecule has 0 atom stereocenters. The Morgan fingerprint density at radius 3 is 2.42 bits per heavy atom. The quantitative estimate of drug-likeness (QED) is 0.293. The molecule has 0 radical (unpaired) electrons. The highest BCUT2D eigenvalue weighted by atomic mass is 79.9. The maximum absolute atomic E-state index is 13.1. The van der Waals surface area contributed by atoms with Crippen LogP contribution < -0.4 is 25.0 Å². The first-order valence-electron chi connectivity index (χ1n) is 10.9. The fourth-order valence-corrected chi connectivity index (χ4v) is 4.01. The van der Waals surface area contributed by atoms with Gasteiger partial charge in [0, 0.05) is 15.2 Å². The minimum absolute atomic E-state index is 0.202. The summed E-state index contributed by atoms with van der Waals surface area (Å²) in [5.41, 5.74) is 0.704. The predicted molar refractivity (Wildman–Crippen MR) is 142 cm³/mol. The molecule has 1 aliphatic rings. The molecule has 1 heterocycles. The van der Waals surface area contributed by atoms with E-state index in [1.54, 1.807) is 0 Å². The highest BCUT2D eigenvalue weighted by Crippen LogP contribution is 2.35. The number of nitrogens with one attached hydrogen (secondary N) is 2. The summed E-state index contributed by atoms with van der Waals surface area (Å²) in [6.07, 6.45) is 1.30. The second-order valence-electron chi connectivity index (χ2n) is 7.80. The predicted octanol–water partition coefficient (Wildman–Crippen LogP) is 4.93. The molecule has 5 amide bonds. The lowest BCUT2D eigenvalue weighted by atomic mass is 10.1. The molecule has 0 bridgehead atoms. The van der Waals surface area contributed by atoms with Crippen molar-refractivity contribution < 1.29 is 33.0 Å². The van der Waals surface area contributed by atoms with Crippen LogP contribution in [0.4, 0.5) is 20.6 Å². The van der Waals surface area contributed by atoms with Gasteiger partial charge in [-0.1, -0.05) is 27.5 Å². The van der Waals surface area contributed by atoms with Gasteiger partial charge < -0.3 is 14.8 Å². The number of methoxy groups -OCH3 is 1. The number of rotatable bonds is 7. The van der Waals surface area contributed by atoms with Crippen LogP contribution in [0.15, 0.2) is 70.7 Å². The zero-order chi connectivity index (χ0) is 27.4. The zero-order valence-electron chi connectivity index (χ0n) is 19.6. The molecule has 0 aromatic heterocycles. The molecular formula is C26H18BrClFN3O6. The highest BCUT2D eigenvalue weighted by molar-refractivity contribution is 9.10. The Hall–Kier alpha value is -4.22. The van der Waals surface area contributed by atoms with Crippen LogP contribution in [0.5, 0.6) is 11.5 Å². The van der Waals surface area contributed by atoms with Crippen LogP contribution >= 0.6 is 27.5 Å². The molecule has 9 nitrogen and oxygen atoms in total. The Morgan fingerprint density at radius 2 is 1.76 bits per heavy atom. The molecule has 1 aliphatic heterocycles. The summed E-state index contributed by atoms with van der Waals surface area (Å²) in [5.74, 6) is -2.20. The number of urea groups is 1. The van der Waals surface area contributed by atoms with E-state index in [1.165, 1.54) is 73.8 Å². The molecule has 0 aliphatic carbocycles. The van der Waals surface area contributed by atoms with Gasteiger partial charge in [-0.25, -0.2) is 14.1 Å². The van der Waals surface area contributed by atoms with Crippen LogP contribution in [-0.4, -0.2) is 37.5 Å². The van der Waals surface area contributed by atoms with Gasteiger partial charge in [-0.3, -0.25) is 19.7 Å². The Labute approximate surface area is 229 Å². The van der Waals surface area contributed by atoms with E-state index in [2.05, 4.69) is 26.6 Å². The molecule has 38 heavy (non-hydrogen) atoms. The van der Waals surface area contributed by atoms with Crippen molar-refractivity contribution in [2.45, 2.75) is 0 Å². The largest absolute Gasteiger partial charge is 0.493 e. The number of carbonyl (C=O) groups excluding carboxylic acids is 4. The Morgan fingerprint density at radius 1 is 1.08 bits per heavy atom. The van der Waals surface area contributed by atoms with Crippen molar-refractivity contribution in [2.24, 2.45) is 0 Å². The lowest BCUT2D eigenvalue weighted by Gasteiger charge is -2.26. The molecule has 4 rings (SSSR count). The Kier molecular flexibility index (Phi) is 8.08. The number of carbonyl (C=O) groups is 4. The number of barbiturate groups is 1. The van der Waals surface area contributed by atoms with E-state index >= 15 is 0 Å². The van der Waals surface area contributed by atoms with Gasteiger partial charge in [0.05, 0.1) is 12.8 Å². The third kappa shape index (κ3) is 6.01. The maximum Gasteiger partial charge on any atom is 0.335 e. The van der Waals surface area contributed by atoms with Crippen LogP contribution in [0.25, 0.3) is 6.08 Å². The second kappa shape index (κ2) is 11.4. The van der Waals surface area contributed by atoms with E-state index in [0.29, 0.717) is 20.7 Å². The Balaban J connectivity index is 1.55. The summed E-state index contributed by atoms with van der Waals surface area (Å²) in [5, 5.41) is 5.14. The van der Waals surface area contributed by atoms with Crippen molar-refractivity contribution in [3.05, 3.63) is 87.1 Å². The minimum Gasteiger partial charge on any atom is -0.493 e. The topological polar surface area (TPSA) is 114 Å². The van der Waals surface area contributed by atoms with Crippen molar-refractivity contribution in [3.8, 4) is 11.5 Å². The van der Waals surface area contributed by atoms with Gasteiger partial charge >= 0.3 is 6.03 Å². The fraction of sp³-hybridized carbons (Fsp3) is 0.0769. The molecule has 1 saturated heterocycles. The van der Waals surface area contributed by atoms with Gasteiger partial charge in [-0.2, -0.15) is 0 Å². The average Bonchev–Trinajstić information content (AvgIpc) is 2.88. The van der Waals surface area contributed by atoms with E-state index in [4.69, 9.17) is 21.1 Å². The van der Waals surface area contributed by atoms with Crippen LogP contribution in [-0.2, 0) is 14.4 Å². The zero-order valence-corrected chi connectivity index (χ0v) is 21.9. The number of nitrogens with zero attached hydrogens (tertiary/aromatic N) is 1. The molecule has 2 N–H and O–H groups in total. The molecule has 0 unspecified atom stereocenters. The number of halogens is 3. The number of amides is 5. The summed E-state index contributed by atoms with van der Waals surface area (Å²) in [7, 11) is 1.38. The Bertz CT molecular complexity index is 1460. The van der Waals surface area contributed by atoms with E-state index < -0.39 is 29.6 Å². The van der Waals surface area contributed by atoms with Gasteiger partial charge in [0.2, 0.25) is 0 Å². The first-order valence-corrected chi connectivity index (χ1v) is 12.1. The molecule has 194 valence electrons. The molecule has 1 fully saturated rings. The van der Waals surface area contributed by atoms with Crippen LogP contribution in [0.1, 0.15) is 5.56 Å². The fourth-order valence-electron chi connectivity index (χ4n) is 3.45. The molecule has 0 spiro atoms. The van der Waals surface area contributed by atoms with E-state index in [-0.39, 0.29) is 29.4 Å². The van der Waals surface area contributed by atoms with Gasteiger partial charge in [-0.05, 0) is 72.3 Å². The third-order valence-electron chi connectivity index (χ3n) is 5.26. The van der Waals surface area contributed by atoms with E-state index in [0.717, 1.165) is 4.90 Å². The minimum atomic E-state index is -0.890. The standard InChI is InChI=1S/C26H18BrClFN3O6/c1-37-21-11-14(20(27)12-22(21)38-13-23(33)30-17-6-4-16(29)5-7-17)10-19-24(34)31-26(36)32(25(19)35)18-8-2-15(28)3-9-18/h2-12H,13H2,1H3,(H,30,33)(H,31,34,36)/b19-10+. The van der Waals surface area contributed by atoms with Gasteiger partial charge in [0.25, 0.3) is 17.7 Å². The monoisotopic (exact) mass is 601 g/mol. The van der Waals surface area contributed by atoms with Crippen LogP contribution in [0.3, 0.4) is 0 Å². The number of hydrogen-bond acceptors (Lipinski definition) is 6. The van der Waals surface area contributed by atoms with Crippen molar-refractivity contribution in [1.82, 2.24) is 5.32 Å². The summed E-state index contributed by atoms with van der Waals surface area (Å²) < 4.78 is 24.4. The molecule has 3 aromatic rings. The van der Waals surface area contributed by atoms with Crippen molar-refractivity contribution in [1.29, 1.82) is 0 Å². The third-order valence-corrected chi connectivity index (χ3v) is 6.19. The average molecular weight is 603 g/mol. The smallest absolute Gasteiger partial charge is 0.335 e. The van der Waals surface area contributed by atoms with Crippen LogP contribution in [0.2, 0.25) is 5.02 Å². The van der Waals surface area contributed by atoms with E-state index in [9.17, 15) is 23.6 Å². The normalized spacial score (nSPS) is 14.4. The van der Waals surface area contributed by atoms with Crippen molar-refractivity contribution in [3.63, 3.8) is 0 Å². The van der Waals surface area contributed by atoms with Gasteiger partial charge in [-0.15, -0.1) is 0 Å². The summed E-state index contributed by atoms with van der Waals surface area (Å²) >= 11 is 9.26. The molecule has 12 heteroatoms. The van der Waals surface area contributed by atoms with E-state index in [1.807, 2.05) is 0 Å².